The molecule has 17 heavy (non-hydrogen) atoms. The minimum Gasteiger partial charge on any atom is -0.378 e. The van der Waals surface area contributed by atoms with Gasteiger partial charge in [-0.15, -0.1) is 0 Å². The van der Waals surface area contributed by atoms with Crippen molar-refractivity contribution in [1.29, 1.82) is 0 Å². The number of rotatable bonds is 5. The maximum Gasteiger partial charge on any atom is 0.0599 e. The third-order valence-corrected chi connectivity index (χ3v) is 4.30. The molecule has 1 unspecified atom stereocenters. The molecule has 1 fully saturated rings. The topological polar surface area (TPSA) is 12.5 Å². The number of nitrogens with zero attached hydrogens (tertiary/aromatic N) is 1. The van der Waals surface area contributed by atoms with Gasteiger partial charge >= 0.3 is 0 Å². The normalized spacial score (nSPS) is 21.7. The number of ether oxygens (including phenoxy) is 1. The van der Waals surface area contributed by atoms with Crippen LogP contribution in [0.5, 0.6) is 0 Å². The van der Waals surface area contributed by atoms with E-state index >= 15 is 0 Å². The number of piperidine rings is 1. The summed E-state index contributed by atoms with van der Waals surface area (Å²) in [4.78, 5) is 2.58. The first-order valence-corrected chi connectivity index (χ1v) is 7.55. The van der Waals surface area contributed by atoms with E-state index in [2.05, 4.69) is 45.2 Å². The molecule has 0 radical (unpaired) electrons. The molecular formula is C14H29NOS. The second-order valence-electron chi connectivity index (χ2n) is 6.20. The van der Waals surface area contributed by atoms with Crippen molar-refractivity contribution in [3.8, 4) is 0 Å². The summed E-state index contributed by atoms with van der Waals surface area (Å²) in [6, 6.07) is 0. The molecule has 3 heteroatoms. The van der Waals surface area contributed by atoms with E-state index in [9.17, 15) is 0 Å². The monoisotopic (exact) mass is 259 g/mol. The van der Waals surface area contributed by atoms with Crippen LogP contribution in [0, 0.1) is 11.3 Å². The summed E-state index contributed by atoms with van der Waals surface area (Å²) in [7, 11) is 0. The van der Waals surface area contributed by atoms with Gasteiger partial charge < -0.3 is 9.64 Å². The average molecular weight is 259 g/mol. The standard InChI is InChI=1S/C14H29NOS/c1-5-16-13-6-8-15(9-7-13)10-12(11-17)14(2,3)4/h12-13,17H,5-11H2,1-4H3. The molecule has 0 aromatic heterocycles. The van der Waals surface area contributed by atoms with Crippen molar-refractivity contribution in [3.05, 3.63) is 0 Å². The highest BCUT2D eigenvalue weighted by Gasteiger charge is 2.27. The van der Waals surface area contributed by atoms with E-state index in [0.717, 1.165) is 12.4 Å². The van der Waals surface area contributed by atoms with Crippen molar-refractivity contribution >= 4 is 12.6 Å². The Morgan fingerprint density at radius 2 is 1.88 bits per heavy atom. The Kier molecular flexibility index (Phi) is 6.32. The van der Waals surface area contributed by atoms with E-state index in [1.807, 2.05) is 0 Å². The summed E-state index contributed by atoms with van der Waals surface area (Å²) in [6.07, 6.45) is 2.88. The van der Waals surface area contributed by atoms with Crippen LogP contribution in [0.15, 0.2) is 0 Å². The zero-order valence-corrected chi connectivity index (χ0v) is 12.8. The molecular weight excluding hydrogens is 230 g/mol. The van der Waals surface area contributed by atoms with Crippen LogP contribution in [0.3, 0.4) is 0 Å². The average Bonchev–Trinajstić information content (AvgIpc) is 2.27. The lowest BCUT2D eigenvalue weighted by Gasteiger charge is -2.38. The first kappa shape index (κ1) is 15.3. The highest BCUT2D eigenvalue weighted by molar-refractivity contribution is 7.80. The molecule has 0 bridgehead atoms. The Labute approximate surface area is 113 Å². The molecule has 2 nitrogen and oxygen atoms in total. The van der Waals surface area contributed by atoms with Gasteiger partial charge in [-0.05, 0) is 36.9 Å². The molecule has 1 rings (SSSR count). The van der Waals surface area contributed by atoms with Crippen molar-refractivity contribution in [1.82, 2.24) is 4.90 Å². The Bertz CT molecular complexity index is 207. The zero-order chi connectivity index (χ0) is 12.9. The van der Waals surface area contributed by atoms with Crippen molar-refractivity contribution < 1.29 is 4.74 Å². The van der Waals surface area contributed by atoms with Crippen LogP contribution in [0.4, 0.5) is 0 Å². The van der Waals surface area contributed by atoms with Gasteiger partial charge in [0, 0.05) is 26.2 Å². The molecule has 0 spiro atoms. The number of likely N-dealkylation sites (tertiary alicyclic amines) is 1. The van der Waals surface area contributed by atoms with E-state index in [0.29, 0.717) is 17.4 Å². The van der Waals surface area contributed by atoms with Crippen molar-refractivity contribution in [2.75, 3.05) is 32.0 Å². The van der Waals surface area contributed by atoms with Crippen molar-refractivity contribution in [2.45, 2.75) is 46.6 Å². The second kappa shape index (κ2) is 7.01. The highest BCUT2D eigenvalue weighted by atomic mass is 32.1. The van der Waals surface area contributed by atoms with Gasteiger partial charge in [0.05, 0.1) is 6.10 Å². The third-order valence-electron chi connectivity index (χ3n) is 3.86. The third kappa shape index (κ3) is 5.19. The molecule has 1 aliphatic rings. The fraction of sp³-hybridized carbons (Fsp3) is 1.00. The van der Waals surface area contributed by atoms with Crippen LogP contribution >= 0.6 is 12.6 Å². The number of thiol groups is 1. The van der Waals surface area contributed by atoms with Gasteiger partial charge in [-0.2, -0.15) is 12.6 Å². The Morgan fingerprint density at radius 3 is 2.29 bits per heavy atom. The lowest BCUT2D eigenvalue weighted by molar-refractivity contribution is 0.00781. The van der Waals surface area contributed by atoms with Gasteiger partial charge in [0.1, 0.15) is 0 Å². The summed E-state index contributed by atoms with van der Waals surface area (Å²) in [5.74, 6) is 1.66. The molecule has 102 valence electrons. The molecule has 0 amide bonds. The largest absolute Gasteiger partial charge is 0.378 e. The smallest absolute Gasteiger partial charge is 0.0599 e. The van der Waals surface area contributed by atoms with Crippen LogP contribution < -0.4 is 0 Å². The Balaban J connectivity index is 2.34. The zero-order valence-electron chi connectivity index (χ0n) is 11.9. The van der Waals surface area contributed by atoms with E-state index in [1.54, 1.807) is 0 Å². The second-order valence-corrected chi connectivity index (χ2v) is 6.57. The summed E-state index contributed by atoms with van der Waals surface area (Å²) in [5.41, 5.74) is 0.360. The molecule has 1 saturated heterocycles. The van der Waals surface area contributed by atoms with Crippen LogP contribution in [0.1, 0.15) is 40.5 Å². The fourth-order valence-electron chi connectivity index (χ4n) is 2.41. The van der Waals surface area contributed by atoms with Gasteiger partial charge in [0.15, 0.2) is 0 Å². The van der Waals surface area contributed by atoms with Gasteiger partial charge in [0.2, 0.25) is 0 Å². The van der Waals surface area contributed by atoms with Crippen LogP contribution in [0.2, 0.25) is 0 Å². The van der Waals surface area contributed by atoms with E-state index in [1.165, 1.54) is 32.5 Å². The first-order chi connectivity index (χ1) is 7.97. The highest BCUT2D eigenvalue weighted by Crippen LogP contribution is 2.28. The SMILES string of the molecule is CCOC1CCN(CC(CS)C(C)(C)C)CC1. The van der Waals surface area contributed by atoms with E-state index in [-0.39, 0.29) is 0 Å². The van der Waals surface area contributed by atoms with Crippen molar-refractivity contribution in [2.24, 2.45) is 11.3 Å². The molecule has 1 atom stereocenters. The number of hydrogen-bond donors (Lipinski definition) is 1. The van der Waals surface area contributed by atoms with E-state index in [4.69, 9.17) is 4.74 Å². The Morgan fingerprint density at radius 1 is 1.29 bits per heavy atom. The molecule has 0 aromatic carbocycles. The molecule has 0 aliphatic carbocycles. The predicted octanol–water partition coefficient (Wildman–Crippen LogP) is 3.08. The van der Waals surface area contributed by atoms with Gasteiger partial charge in [-0.3, -0.25) is 0 Å². The fourth-order valence-corrected chi connectivity index (χ4v) is 3.07. The maximum absolute atomic E-state index is 5.69. The van der Waals surface area contributed by atoms with E-state index < -0.39 is 0 Å². The molecule has 0 aromatic rings. The summed E-state index contributed by atoms with van der Waals surface area (Å²) >= 11 is 4.51. The Hall–Kier alpha value is 0.270. The quantitative estimate of drug-likeness (QED) is 0.762. The lowest BCUT2D eigenvalue weighted by atomic mass is 9.81. The molecule has 0 saturated carbocycles. The predicted molar refractivity (Wildman–Crippen MR) is 77.9 cm³/mol. The van der Waals surface area contributed by atoms with Crippen LogP contribution in [-0.2, 0) is 4.74 Å². The minimum atomic E-state index is 0.360. The van der Waals surface area contributed by atoms with Gasteiger partial charge in [-0.25, -0.2) is 0 Å². The molecule has 1 heterocycles. The number of hydrogen-bond acceptors (Lipinski definition) is 3. The summed E-state index contributed by atoms with van der Waals surface area (Å²) < 4.78 is 5.69. The van der Waals surface area contributed by atoms with Gasteiger partial charge in [0.25, 0.3) is 0 Å². The van der Waals surface area contributed by atoms with Gasteiger partial charge in [-0.1, -0.05) is 20.8 Å². The summed E-state index contributed by atoms with van der Waals surface area (Å²) in [5, 5.41) is 0. The first-order valence-electron chi connectivity index (χ1n) is 6.92. The molecule has 0 N–H and O–H groups in total. The lowest BCUT2D eigenvalue weighted by Crippen LogP contribution is -2.42. The van der Waals surface area contributed by atoms with Crippen LogP contribution in [0.25, 0.3) is 0 Å². The summed E-state index contributed by atoms with van der Waals surface area (Å²) in [6.45, 7) is 13.5. The van der Waals surface area contributed by atoms with Crippen LogP contribution in [-0.4, -0.2) is 43.0 Å². The maximum atomic E-state index is 5.69. The minimum absolute atomic E-state index is 0.360. The molecule has 1 aliphatic heterocycles. The van der Waals surface area contributed by atoms with Crippen molar-refractivity contribution in [3.63, 3.8) is 0 Å².